The molecule has 3 aromatic rings. The number of hydrogen-bond acceptors (Lipinski definition) is 4. The van der Waals surface area contributed by atoms with Crippen LogP contribution in [-0.4, -0.2) is 16.3 Å². The maximum Gasteiger partial charge on any atom is 0.116 e. The van der Waals surface area contributed by atoms with Crippen LogP contribution in [0, 0.1) is 5.41 Å². The summed E-state index contributed by atoms with van der Waals surface area (Å²) >= 11 is 0. The van der Waals surface area contributed by atoms with Crippen molar-refractivity contribution in [2.75, 3.05) is 5.73 Å². The largest absolute Gasteiger partial charge is 0.508 e. The number of rotatable bonds is 3. The molecule has 0 aliphatic heterocycles. The Morgan fingerprint density at radius 1 is 1.00 bits per heavy atom. The number of phenols is 1. The van der Waals surface area contributed by atoms with Crippen LogP contribution < -0.4 is 5.73 Å². The highest BCUT2D eigenvalue weighted by atomic mass is 16.3. The maximum atomic E-state index is 9.68. The van der Waals surface area contributed by atoms with Crippen LogP contribution in [0.2, 0.25) is 0 Å². The van der Waals surface area contributed by atoms with E-state index in [1.807, 2.05) is 30.3 Å². The van der Waals surface area contributed by atoms with E-state index in [-0.39, 0.29) is 5.75 Å². The third-order valence-electron chi connectivity index (χ3n) is 3.48. The Labute approximate surface area is 128 Å². The third kappa shape index (κ3) is 2.54. The van der Waals surface area contributed by atoms with Crippen molar-refractivity contribution in [2.24, 2.45) is 0 Å². The van der Waals surface area contributed by atoms with Gasteiger partial charge in [-0.3, -0.25) is 4.98 Å². The number of anilines is 1. The van der Waals surface area contributed by atoms with Crippen LogP contribution >= 0.6 is 0 Å². The molecule has 0 atom stereocenters. The first-order chi connectivity index (χ1) is 10.7. The summed E-state index contributed by atoms with van der Waals surface area (Å²) in [5, 5.41) is 17.1. The summed E-state index contributed by atoms with van der Waals surface area (Å²) in [7, 11) is 0. The fraction of sp³-hybridized carbons (Fsp3) is 0. The van der Waals surface area contributed by atoms with Gasteiger partial charge in [0.15, 0.2) is 0 Å². The minimum atomic E-state index is 0.201. The van der Waals surface area contributed by atoms with Gasteiger partial charge in [-0.05, 0) is 35.9 Å². The van der Waals surface area contributed by atoms with Crippen LogP contribution in [-0.2, 0) is 0 Å². The lowest BCUT2D eigenvalue weighted by Crippen LogP contribution is -1.94. The van der Waals surface area contributed by atoms with Crippen molar-refractivity contribution in [3.8, 4) is 28.1 Å². The number of nitrogen functional groups attached to an aromatic ring is 1. The molecule has 0 amide bonds. The van der Waals surface area contributed by atoms with E-state index in [4.69, 9.17) is 11.1 Å². The van der Waals surface area contributed by atoms with Gasteiger partial charge in [0.2, 0.25) is 0 Å². The Hall–Kier alpha value is -3.14. The van der Waals surface area contributed by atoms with Gasteiger partial charge in [0.1, 0.15) is 5.75 Å². The zero-order valence-electron chi connectivity index (χ0n) is 11.8. The van der Waals surface area contributed by atoms with Crippen LogP contribution in [0.4, 0.5) is 5.69 Å². The number of aromatic hydroxyl groups is 1. The fourth-order valence-electron chi connectivity index (χ4n) is 2.39. The molecule has 3 rings (SSSR count). The van der Waals surface area contributed by atoms with Gasteiger partial charge in [0.25, 0.3) is 0 Å². The Morgan fingerprint density at radius 3 is 2.64 bits per heavy atom. The average molecular weight is 289 g/mol. The highest BCUT2D eigenvalue weighted by molar-refractivity contribution is 5.90. The number of benzene rings is 2. The zero-order chi connectivity index (χ0) is 15.5. The number of nitrogens with one attached hydrogen (secondary N) is 1. The molecule has 0 saturated carbocycles. The first-order valence-corrected chi connectivity index (χ1v) is 6.84. The van der Waals surface area contributed by atoms with E-state index < -0.39 is 0 Å². The molecule has 0 bridgehead atoms. The summed E-state index contributed by atoms with van der Waals surface area (Å²) in [5.74, 6) is 0.201. The summed E-state index contributed by atoms with van der Waals surface area (Å²) in [6.07, 6.45) is 2.96. The van der Waals surface area contributed by atoms with Crippen molar-refractivity contribution >= 4 is 11.9 Å². The molecule has 0 radical (unpaired) electrons. The lowest BCUT2D eigenvalue weighted by Gasteiger charge is -2.11. The van der Waals surface area contributed by atoms with Crippen LogP contribution in [0.5, 0.6) is 5.75 Å². The maximum absolute atomic E-state index is 9.68. The lowest BCUT2D eigenvalue weighted by atomic mass is 9.97. The van der Waals surface area contributed by atoms with Gasteiger partial charge in [-0.15, -0.1) is 0 Å². The smallest absolute Gasteiger partial charge is 0.116 e. The molecule has 4 N–H and O–H groups in total. The molecule has 0 aliphatic rings. The van der Waals surface area contributed by atoms with Crippen LogP contribution in [0.1, 0.15) is 5.56 Å². The lowest BCUT2D eigenvalue weighted by molar-refractivity contribution is 0.475. The molecule has 1 heterocycles. The normalized spacial score (nSPS) is 10.4. The van der Waals surface area contributed by atoms with E-state index in [2.05, 4.69) is 4.98 Å². The van der Waals surface area contributed by atoms with E-state index in [0.717, 1.165) is 22.4 Å². The van der Waals surface area contributed by atoms with Crippen molar-refractivity contribution in [3.05, 3.63) is 66.4 Å². The predicted molar refractivity (Wildman–Crippen MR) is 89.1 cm³/mol. The standard InChI is InChI=1S/C18H15N3O/c19-11-14-9-12(6-7-17(14)20)16-5-2-8-21-18(16)13-3-1-4-15(22)10-13/h1-11,19,22H,20H2. The average Bonchev–Trinajstić information content (AvgIpc) is 2.55. The second-order valence-electron chi connectivity index (χ2n) is 4.94. The minimum absolute atomic E-state index is 0.201. The summed E-state index contributed by atoms with van der Waals surface area (Å²) in [6.45, 7) is 0. The van der Waals surface area contributed by atoms with Gasteiger partial charge in [-0.25, -0.2) is 0 Å². The fourth-order valence-corrected chi connectivity index (χ4v) is 2.39. The van der Waals surface area contributed by atoms with E-state index in [1.54, 1.807) is 30.5 Å². The zero-order valence-corrected chi connectivity index (χ0v) is 11.8. The molecule has 4 heteroatoms. The van der Waals surface area contributed by atoms with E-state index in [1.165, 1.54) is 6.21 Å². The van der Waals surface area contributed by atoms with Gasteiger partial charge in [-0.1, -0.05) is 24.3 Å². The predicted octanol–water partition coefficient (Wildman–Crippen LogP) is 3.70. The molecule has 0 aliphatic carbocycles. The number of nitrogens with two attached hydrogens (primary N) is 1. The Bertz CT molecular complexity index is 843. The van der Waals surface area contributed by atoms with Crippen molar-refractivity contribution in [2.45, 2.75) is 0 Å². The number of aromatic nitrogens is 1. The highest BCUT2D eigenvalue weighted by Crippen LogP contribution is 2.32. The SMILES string of the molecule is N=Cc1cc(-c2cccnc2-c2cccc(O)c2)ccc1N. The first kappa shape index (κ1) is 13.8. The van der Waals surface area contributed by atoms with Gasteiger partial charge < -0.3 is 16.2 Å². The van der Waals surface area contributed by atoms with Gasteiger partial charge in [0, 0.05) is 34.8 Å². The van der Waals surface area contributed by atoms with Gasteiger partial charge >= 0.3 is 0 Å². The molecule has 0 spiro atoms. The molecular formula is C18H15N3O. The van der Waals surface area contributed by atoms with E-state index in [9.17, 15) is 5.11 Å². The molecule has 108 valence electrons. The molecule has 22 heavy (non-hydrogen) atoms. The monoisotopic (exact) mass is 289 g/mol. The minimum Gasteiger partial charge on any atom is -0.508 e. The topological polar surface area (TPSA) is 83.0 Å². The number of pyridine rings is 1. The number of nitrogens with zero attached hydrogens (tertiary/aromatic N) is 1. The van der Waals surface area contributed by atoms with Gasteiger partial charge in [0.05, 0.1) is 5.69 Å². The van der Waals surface area contributed by atoms with Gasteiger partial charge in [-0.2, -0.15) is 0 Å². The van der Waals surface area contributed by atoms with E-state index >= 15 is 0 Å². The Kier molecular flexibility index (Phi) is 3.58. The number of hydrogen-bond donors (Lipinski definition) is 3. The molecule has 4 nitrogen and oxygen atoms in total. The van der Waals surface area contributed by atoms with Crippen molar-refractivity contribution in [3.63, 3.8) is 0 Å². The molecule has 0 saturated heterocycles. The Balaban J connectivity index is 2.18. The van der Waals surface area contributed by atoms with E-state index in [0.29, 0.717) is 11.3 Å². The summed E-state index contributed by atoms with van der Waals surface area (Å²) < 4.78 is 0. The van der Waals surface area contributed by atoms with Crippen LogP contribution in [0.15, 0.2) is 60.8 Å². The number of phenolic OH excluding ortho intramolecular Hbond substituents is 1. The second kappa shape index (κ2) is 5.69. The molecule has 2 aromatic carbocycles. The second-order valence-corrected chi connectivity index (χ2v) is 4.94. The van der Waals surface area contributed by atoms with Crippen LogP contribution in [0.25, 0.3) is 22.4 Å². The Morgan fingerprint density at radius 2 is 1.86 bits per heavy atom. The summed E-state index contributed by atoms with van der Waals surface area (Å²) in [6, 6.07) is 16.4. The van der Waals surface area contributed by atoms with Crippen molar-refractivity contribution in [1.82, 2.24) is 4.98 Å². The highest BCUT2D eigenvalue weighted by Gasteiger charge is 2.10. The third-order valence-corrected chi connectivity index (χ3v) is 3.48. The quantitative estimate of drug-likeness (QED) is 0.508. The molecular weight excluding hydrogens is 274 g/mol. The molecule has 1 aromatic heterocycles. The molecule has 0 unspecified atom stereocenters. The van der Waals surface area contributed by atoms with Crippen LogP contribution in [0.3, 0.4) is 0 Å². The van der Waals surface area contributed by atoms with Crippen molar-refractivity contribution in [1.29, 1.82) is 5.41 Å². The summed E-state index contributed by atoms with van der Waals surface area (Å²) in [5.41, 5.74) is 10.6. The van der Waals surface area contributed by atoms with Crippen molar-refractivity contribution < 1.29 is 5.11 Å². The first-order valence-electron chi connectivity index (χ1n) is 6.84. The summed E-state index contributed by atoms with van der Waals surface area (Å²) in [4.78, 5) is 4.44. The molecule has 0 fully saturated rings.